The largest absolute Gasteiger partial charge is 0.339 e. The summed E-state index contributed by atoms with van der Waals surface area (Å²) >= 11 is 1.49. The molecule has 3 rings (SSSR count). The zero-order chi connectivity index (χ0) is 21.9. The molecule has 1 heterocycles. The number of non-ortho nitro benzene ring substituents is 1. The molecule has 30 heavy (non-hydrogen) atoms. The van der Waals surface area contributed by atoms with Crippen LogP contribution in [0.15, 0.2) is 52.3 Å². The highest BCUT2D eigenvalue weighted by Crippen LogP contribution is 2.24. The van der Waals surface area contributed by atoms with E-state index in [1.807, 2.05) is 26.0 Å². The normalized spacial score (nSPS) is 15.2. The molecule has 1 aliphatic heterocycles. The molecular weight excluding hydrogens is 426 g/mol. The molecule has 1 saturated heterocycles. The van der Waals surface area contributed by atoms with E-state index in [-0.39, 0.29) is 29.6 Å². The van der Waals surface area contributed by atoms with Gasteiger partial charge in [-0.05, 0) is 37.6 Å². The maximum Gasteiger partial charge on any atom is 0.269 e. The molecule has 0 atom stereocenters. The van der Waals surface area contributed by atoms with E-state index in [2.05, 4.69) is 6.07 Å². The minimum atomic E-state index is -3.75. The summed E-state index contributed by atoms with van der Waals surface area (Å²) in [7, 11) is -3.75. The first-order valence-electron chi connectivity index (χ1n) is 9.41. The molecule has 2 aromatic rings. The van der Waals surface area contributed by atoms with Crippen LogP contribution in [0.25, 0.3) is 0 Å². The van der Waals surface area contributed by atoms with Crippen LogP contribution in [0.2, 0.25) is 0 Å². The van der Waals surface area contributed by atoms with Crippen LogP contribution in [0.4, 0.5) is 5.69 Å². The van der Waals surface area contributed by atoms with Gasteiger partial charge in [-0.2, -0.15) is 4.31 Å². The summed E-state index contributed by atoms with van der Waals surface area (Å²) in [5.74, 6) is 0.284. The summed E-state index contributed by atoms with van der Waals surface area (Å²) in [6.45, 7) is 5.06. The van der Waals surface area contributed by atoms with E-state index in [9.17, 15) is 23.3 Å². The van der Waals surface area contributed by atoms with Gasteiger partial charge in [-0.25, -0.2) is 8.42 Å². The number of hydrogen-bond donors (Lipinski definition) is 0. The Morgan fingerprint density at radius 1 is 1.07 bits per heavy atom. The third-order valence-electron chi connectivity index (χ3n) is 4.96. The van der Waals surface area contributed by atoms with Crippen molar-refractivity contribution in [3.05, 3.63) is 63.7 Å². The number of nitro groups is 1. The molecule has 1 aliphatic rings. The van der Waals surface area contributed by atoms with Crippen molar-refractivity contribution in [3.63, 3.8) is 0 Å². The van der Waals surface area contributed by atoms with E-state index < -0.39 is 14.9 Å². The van der Waals surface area contributed by atoms with Crippen LogP contribution in [-0.2, 0) is 14.8 Å². The van der Waals surface area contributed by atoms with Crippen molar-refractivity contribution in [2.75, 3.05) is 31.9 Å². The van der Waals surface area contributed by atoms with Crippen molar-refractivity contribution in [3.8, 4) is 0 Å². The number of amides is 1. The smallest absolute Gasteiger partial charge is 0.269 e. The molecule has 0 aliphatic carbocycles. The molecular formula is C20H23N3O5S2. The number of carbonyl (C=O) groups is 1. The van der Waals surface area contributed by atoms with Gasteiger partial charge in [-0.3, -0.25) is 14.9 Å². The summed E-state index contributed by atoms with van der Waals surface area (Å²) in [6, 6.07) is 10.9. The molecule has 0 radical (unpaired) electrons. The van der Waals surface area contributed by atoms with Gasteiger partial charge in [0.25, 0.3) is 5.69 Å². The quantitative estimate of drug-likeness (QED) is 0.382. The number of carbonyl (C=O) groups excluding carboxylic acids is 1. The lowest BCUT2D eigenvalue weighted by Gasteiger charge is -2.34. The fourth-order valence-corrected chi connectivity index (χ4v) is 5.59. The number of rotatable bonds is 6. The molecule has 0 unspecified atom stereocenters. The number of nitrogens with zero attached hydrogens (tertiary/aromatic N) is 3. The molecule has 0 N–H and O–H groups in total. The summed E-state index contributed by atoms with van der Waals surface area (Å²) in [5, 5.41) is 10.7. The van der Waals surface area contributed by atoms with Crippen LogP contribution >= 0.6 is 11.8 Å². The monoisotopic (exact) mass is 449 g/mol. The van der Waals surface area contributed by atoms with Crippen molar-refractivity contribution in [2.45, 2.75) is 23.6 Å². The maximum atomic E-state index is 12.8. The third-order valence-corrected chi connectivity index (χ3v) is 8.03. The van der Waals surface area contributed by atoms with E-state index >= 15 is 0 Å². The van der Waals surface area contributed by atoms with Gasteiger partial charge in [-0.15, -0.1) is 11.8 Å². The van der Waals surface area contributed by atoms with Crippen LogP contribution in [-0.4, -0.2) is 60.4 Å². The number of piperazine rings is 1. The van der Waals surface area contributed by atoms with Crippen molar-refractivity contribution in [2.24, 2.45) is 0 Å². The Morgan fingerprint density at radius 2 is 1.70 bits per heavy atom. The Morgan fingerprint density at radius 3 is 2.27 bits per heavy atom. The lowest BCUT2D eigenvalue weighted by molar-refractivity contribution is -0.384. The molecule has 0 aromatic heterocycles. The Labute approximate surface area is 180 Å². The molecule has 10 heteroatoms. The van der Waals surface area contributed by atoms with E-state index in [4.69, 9.17) is 0 Å². The lowest BCUT2D eigenvalue weighted by atomic mass is 10.2. The molecule has 0 bridgehead atoms. The van der Waals surface area contributed by atoms with Crippen LogP contribution in [0, 0.1) is 24.0 Å². The van der Waals surface area contributed by atoms with Gasteiger partial charge in [-0.1, -0.05) is 17.7 Å². The number of benzene rings is 2. The highest BCUT2D eigenvalue weighted by Gasteiger charge is 2.30. The van der Waals surface area contributed by atoms with Gasteiger partial charge < -0.3 is 4.90 Å². The number of hydrogen-bond acceptors (Lipinski definition) is 6. The standard InChI is InChI=1S/C20H23N3O5S2/c1-15-3-8-19(16(2)13-15)29-14-20(24)21-9-11-22(12-10-21)30(27,28)18-6-4-17(5-7-18)23(25)26/h3-8,13H,9-12,14H2,1-2H3. The summed E-state index contributed by atoms with van der Waals surface area (Å²) in [6.07, 6.45) is 0. The van der Waals surface area contributed by atoms with Crippen LogP contribution in [0.5, 0.6) is 0 Å². The van der Waals surface area contributed by atoms with Crippen LogP contribution in [0.3, 0.4) is 0 Å². The van der Waals surface area contributed by atoms with Crippen LogP contribution < -0.4 is 0 Å². The average molecular weight is 450 g/mol. The molecule has 160 valence electrons. The second-order valence-electron chi connectivity index (χ2n) is 7.09. The topological polar surface area (TPSA) is 101 Å². The molecule has 1 amide bonds. The SMILES string of the molecule is Cc1ccc(SCC(=O)N2CCN(S(=O)(=O)c3ccc([N+](=O)[O-])cc3)CC2)c(C)c1. The molecule has 0 saturated carbocycles. The fraction of sp³-hybridized carbons (Fsp3) is 0.350. The van der Waals surface area contributed by atoms with E-state index in [1.165, 1.54) is 45.9 Å². The molecule has 0 spiro atoms. The van der Waals surface area contributed by atoms with Gasteiger partial charge in [0.1, 0.15) is 0 Å². The van der Waals surface area contributed by atoms with Crippen LogP contribution in [0.1, 0.15) is 11.1 Å². The third kappa shape index (κ3) is 5.00. The highest BCUT2D eigenvalue weighted by molar-refractivity contribution is 8.00. The first kappa shape index (κ1) is 22.3. The minimum absolute atomic E-state index is 0.0123. The second kappa shape index (κ2) is 9.15. The van der Waals surface area contributed by atoms with E-state index in [0.29, 0.717) is 18.8 Å². The summed E-state index contributed by atoms with van der Waals surface area (Å²) < 4.78 is 26.9. The van der Waals surface area contributed by atoms with Gasteiger partial charge >= 0.3 is 0 Å². The minimum Gasteiger partial charge on any atom is -0.339 e. The number of thioether (sulfide) groups is 1. The van der Waals surface area contributed by atoms with Gasteiger partial charge in [0.2, 0.25) is 15.9 Å². The zero-order valence-corrected chi connectivity index (χ0v) is 18.4. The first-order chi connectivity index (χ1) is 14.2. The Kier molecular flexibility index (Phi) is 6.79. The molecule has 2 aromatic carbocycles. The molecule has 8 nitrogen and oxygen atoms in total. The Balaban J connectivity index is 1.56. The number of nitro benzene ring substituents is 1. The van der Waals surface area contributed by atoms with Gasteiger partial charge in [0.05, 0.1) is 15.6 Å². The van der Waals surface area contributed by atoms with Gasteiger partial charge in [0.15, 0.2) is 0 Å². The average Bonchev–Trinajstić information content (AvgIpc) is 2.73. The van der Waals surface area contributed by atoms with Crippen molar-refractivity contribution >= 4 is 33.4 Å². The number of sulfonamides is 1. The molecule has 1 fully saturated rings. The van der Waals surface area contributed by atoms with E-state index in [1.54, 1.807) is 4.90 Å². The van der Waals surface area contributed by atoms with Crippen molar-refractivity contribution < 1.29 is 18.1 Å². The first-order valence-corrected chi connectivity index (χ1v) is 11.8. The predicted molar refractivity (Wildman–Crippen MR) is 115 cm³/mol. The van der Waals surface area contributed by atoms with Crippen molar-refractivity contribution in [1.29, 1.82) is 0 Å². The van der Waals surface area contributed by atoms with Gasteiger partial charge in [0, 0.05) is 43.2 Å². The summed E-state index contributed by atoms with van der Waals surface area (Å²) in [5.41, 5.74) is 2.14. The fourth-order valence-electron chi connectivity index (χ4n) is 3.26. The zero-order valence-electron chi connectivity index (χ0n) is 16.8. The van der Waals surface area contributed by atoms with E-state index in [0.717, 1.165) is 10.5 Å². The highest BCUT2D eigenvalue weighted by atomic mass is 32.2. The van der Waals surface area contributed by atoms with Crippen molar-refractivity contribution in [1.82, 2.24) is 9.21 Å². The second-order valence-corrected chi connectivity index (χ2v) is 10.0. The number of aryl methyl sites for hydroxylation is 2. The maximum absolute atomic E-state index is 12.8. The summed E-state index contributed by atoms with van der Waals surface area (Å²) in [4.78, 5) is 25.5. The Hall–Kier alpha value is -2.43. The lowest BCUT2D eigenvalue weighted by Crippen LogP contribution is -2.50. The predicted octanol–water partition coefficient (Wildman–Crippen LogP) is 2.84. The Bertz CT molecular complexity index is 1050.